The van der Waals surface area contributed by atoms with E-state index >= 15 is 0 Å². The predicted octanol–water partition coefficient (Wildman–Crippen LogP) is 3.90. The zero-order valence-electron chi connectivity index (χ0n) is 12.6. The zero-order valence-corrected chi connectivity index (χ0v) is 14.2. The molecule has 1 aromatic carbocycles. The van der Waals surface area contributed by atoms with Crippen LogP contribution < -0.4 is 5.32 Å². The van der Waals surface area contributed by atoms with E-state index in [1.165, 1.54) is 11.8 Å². The quantitative estimate of drug-likeness (QED) is 0.695. The lowest BCUT2D eigenvalue weighted by molar-refractivity contribution is -0.115. The van der Waals surface area contributed by atoms with Crippen LogP contribution in [0.1, 0.15) is 6.92 Å². The molecule has 0 aliphatic rings. The molecule has 6 nitrogen and oxygen atoms in total. The summed E-state index contributed by atoms with van der Waals surface area (Å²) in [5.41, 5.74) is 1.41. The number of carbonyl (C=O) groups is 1. The molecule has 8 heteroatoms. The smallest absolute Gasteiger partial charge is 0.277 e. The van der Waals surface area contributed by atoms with E-state index in [0.29, 0.717) is 21.8 Å². The number of aromatic nitrogens is 3. The Labute approximate surface area is 147 Å². The zero-order chi connectivity index (χ0) is 16.9. The largest absolute Gasteiger partial charge is 0.411 e. The van der Waals surface area contributed by atoms with Gasteiger partial charge in [-0.15, -0.1) is 10.2 Å². The Morgan fingerprint density at radius 2 is 2.04 bits per heavy atom. The molecule has 1 atom stereocenters. The minimum atomic E-state index is -0.400. The van der Waals surface area contributed by atoms with Crippen LogP contribution in [0.25, 0.3) is 11.5 Å². The first-order valence-electron chi connectivity index (χ1n) is 7.09. The molecule has 3 rings (SSSR count). The van der Waals surface area contributed by atoms with E-state index in [9.17, 15) is 4.79 Å². The summed E-state index contributed by atoms with van der Waals surface area (Å²) in [6, 6.07) is 10.5. The summed E-state index contributed by atoms with van der Waals surface area (Å²) < 4.78 is 5.56. The van der Waals surface area contributed by atoms with E-state index in [2.05, 4.69) is 20.5 Å². The fourth-order valence-electron chi connectivity index (χ4n) is 1.85. The van der Waals surface area contributed by atoms with Gasteiger partial charge in [-0.3, -0.25) is 9.78 Å². The topological polar surface area (TPSA) is 80.9 Å². The van der Waals surface area contributed by atoms with E-state index < -0.39 is 5.25 Å². The van der Waals surface area contributed by atoms with Gasteiger partial charge < -0.3 is 9.73 Å². The van der Waals surface area contributed by atoms with Gasteiger partial charge in [0.15, 0.2) is 0 Å². The average Bonchev–Trinajstić information content (AvgIpc) is 3.06. The van der Waals surface area contributed by atoms with E-state index in [1.54, 1.807) is 49.6 Å². The number of halogens is 1. The molecule has 0 radical (unpaired) electrons. The van der Waals surface area contributed by atoms with Crippen molar-refractivity contribution < 1.29 is 9.21 Å². The van der Waals surface area contributed by atoms with Crippen LogP contribution in [0.4, 0.5) is 5.69 Å². The molecule has 3 aromatic rings. The van der Waals surface area contributed by atoms with Gasteiger partial charge in [0.25, 0.3) is 5.22 Å². The van der Waals surface area contributed by atoms with Crippen LogP contribution in [0.5, 0.6) is 0 Å². The van der Waals surface area contributed by atoms with Crippen molar-refractivity contribution in [3.8, 4) is 11.5 Å². The van der Waals surface area contributed by atoms with Crippen LogP contribution in [0.15, 0.2) is 58.4 Å². The van der Waals surface area contributed by atoms with Crippen LogP contribution in [-0.2, 0) is 4.79 Å². The minimum Gasteiger partial charge on any atom is -0.411 e. The Bertz CT molecular complexity index is 824. The first-order valence-corrected chi connectivity index (χ1v) is 8.34. The lowest BCUT2D eigenvalue weighted by Crippen LogP contribution is -2.22. The summed E-state index contributed by atoms with van der Waals surface area (Å²) in [6.45, 7) is 1.77. The maximum Gasteiger partial charge on any atom is 0.277 e. The maximum atomic E-state index is 12.2. The molecule has 0 fully saturated rings. The molecule has 1 amide bonds. The molecule has 0 bridgehead atoms. The second kappa shape index (κ2) is 7.46. The van der Waals surface area contributed by atoms with Gasteiger partial charge in [-0.05, 0) is 43.3 Å². The first kappa shape index (κ1) is 16.5. The molecular formula is C16H13ClN4O2S. The molecule has 2 aromatic heterocycles. The molecule has 122 valence electrons. The summed E-state index contributed by atoms with van der Waals surface area (Å²) >= 11 is 7.01. The Balaban J connectivity index is 1.62. The fourth-order valence-corrected chi connectivity index (χ4v) is 2.65. The van der Waals surface area contributed by atoms with Crippen LogP contribution >= 0.6 is 23.4 Å². The Hall–Kier alpha value is -2.38. The number of thioether (sulfide) groups is 1. The van der Waals surface area contributed by atoms with Crippen molar-refractivity contribution in [2.75, 3.05) is 5.32 Å². The van der Waals surface area contributed by atoms with Crippen molar-refractivity contribution in [1.29, 1.82) is 0 Å². The van der Waals surface area contributed by atoms with Crippen molar-refractivity contribution in [2.45, 2.75) is 17.4 Å². The van der Waals surface area contributed by atoms with Crippen molar-refractivity contribution >= 4 is 35.0 Å². The number of nitrogens with zero attached hydrogens (tertiary/aromatic N) is 3. The molecular weight excluding hydrogens is 348 g/mol. The van der Waals surface area contributed by atoms with E-state index in [-0.39, 0.29) is 5.91 Å². The third-order valence-corrected chi connectivity index (χ3v) is 4.26. The van der Waals surface area contributed by atoms with Crippen LogP contribution in [0.2, 0.25) is 5.02 Å². The first-order chi connectivity index (χ1) is 11.6. The van der Waals surface area contributed by atoms with Crippen molar-refractivity contribution in [3.63, 3.8) is 0 Å². The molecule has 0 unspecified atom stereocenters. The number of hydrogen-bond acceptors (Lipinski definition) is 6. The van der Waals surface area contributed by atoms with Crippen molar-refractivity contribution in [2.24, 2.45) is 0 Å². The number of pyridine rings is 1. The predicted molar refractivity (Wildman–Crippen MR) is 92.9 cm³/mol. The summed E-state index contributed by atoms with van der Waals surface area (Å²) in [5.74, 6) is 0.208. The highest BCUT2D eigenvalue weighted by molar-refractivity contribution is 8.00. The standard InChI is InChI=1S/C16H13ClN4O2S/c1-10(14(22)19-13-6-4-12(17)5-7-13)24-16-21-20-15(23-16)11-3-2-8-18-9-11/h2-10H,1H3,(H,19,22)/t10-/m0/s1. The van der Waals surface area contributed by atoms with Gasteiger partial charge in [0, 0.05) is 23.1 Å². The SMILES string of the molecule is C[C@H](Sc1nnc(-c2cccnc2)o1)C(=O)Nc1ccc(Cl)cc1. The van der Waals surface area contributed by atoms with E-state index in [0.717, 1.165) is 5.56 Å². The van der Waals surface area contributed by atoms with Gasteiger partial charge in [-0.2, -0.15) is 0 Å². The molecule has 24 heavy (non-hydrogen) atoms. The van der Waals surface area contributed by atoms with E-state index in [1.807, 2.05) is 6.07 Å². The van der Waals surface area contributed by atoms with Crippen molar-refractivity contribution in [3.05, 3.63) is 53.8 Å². The highest BCUT2D eigenvalue weighted by Crippen LogP contribution is 2.26. The maximum absolute atomic E-state index is 12.2. The summed E-state index contributed by atoms with van der Waals surface area (Å²) in [4.78, 5) is 16.2. The number of hydrogen-bond donors (Lipinski definition) is 1. The number of benzene rings is 1. The van der Waals surface area contributed by atoms with Crippen molar-refractivity contribution in [1.82, 2.24) is 15.2 Å². The third kappa shape index (κ3) is 4.12. The van der Waals surface area contributed by atoms with E-state index in [4.69, 9.17) is 16.0 Å². The van der Waals surface area contributed by atoms with Gasteiger partial charge in [-0.1, -0.05) is 23.4 Å². The van der Waals surface area contributed by atoms with Gasteiger partial charge in [0.1, 0.15) is 0 Å². The summed E-state index contributed by atoms with van der Waals surface area (Å²) in [6.07, 6.45) is 3.30. The fraction of sp³-hybridized carbons (Fsp3) is 0.125. The molecule has 1 N–H and O–H groups in total. The highest BCUT2D eigenvalue weighted by atomic mass is 35.5. The third-order valence-electron chi connectivity index (χ3n) is 3.07. The van der Waals surface area contributed by atoms with Gasteiger partial charge in [0.2, 0.25) is 11.8 Å². The lowest BCUT2D eigenvalue weighted by atomic mass is 10.3. The normalized spacial score (nSPS) is 11.9. The number of anilines is 1. The number of amides is 1. The molecule has 0 aliphatic heterocycles. The molecule has 0 saturated carbocycles. The number of carbonyl (C=O) groups excluding carboxylic acids is 1. The lowest BCUT2D eigenvalue weighted by Gasteiger charge is -2.09. The number of nitrogens with one attached hydrogen (secondary N) is 1. The second-order valence-electron chi connectivity index (χ2n) is 4.87. The Morgan fingerprint density at radius 1 is 1.25 bits per heavy atom. The van der Waals surface area contributed by atoms with Crippen LogP contribution in [0, 0.1) is 0 Å². The summed E-state index contributed by atoms with van der Waals surface area (Å²) in [7, 11) is 0. The van der Waals surface area contributed by atoms with Gasteiger partial charge >= 0.3 is 0 Å². The molecule has 0 aliphatic carbocycles. The summed E-state index contributed by atoms with van der Waals surface area (Å²) in [5, 5.41) is 11.3. The average molecular weight is 361 g/mol. The van der Waals surface area contributed by atoms with Gasteiger partial charge in [-0.25, -0.2) is 0 Å². The van der Waals surface area contributed by atoms with Crippen LogP contribution in [0.3, 0.4) is 0 Å². The highest BCUT2D eigenvalue weighted by Gasteiger charge is 2.19. The Kier molecular flexibility index (Phi) is 5.12. The minimum absolute atomic E-state index is 0.163. The Morgan fingerprint density at radius 3 is 2.75 bits per heavy atom. The molecule has 0 saturated heterocycles. The molecule has 2 heterocycles. The van der Waals surface area contributed by atoms with Gasteiger partial charge in [0.05, 0.1) is 10.8 Å². The monoisotopic (exact) mass is 360 g/mol. The molecule has 0 spiro atoms. The van der Waals surface area contributed by atoms with Crippen LogP contribution in [-0.4, -0.2) is 26.3 Å². The number of rotatable bonds is 5. The second-order valence-corrected chi connectivity index (χ2v) is 6.60.